The standard InChI is InChI=1S/C31H32N4O4.C4H10O/c1-32-28-17-22(20-36)7-9-26(28)27(21-37)31(23-5-3-2-4-6-23)33-25-8-10-29-24(18-25)11-12-35(29)30(38)19-34-13-15-39-16-14-34;1-4(2)5-3/h2-10,17-18,20-21,32-33H,11-16,19H2,1H3;4H,1-3H3/b31-27+;. The number of fused-ring (bicyclic) bond motifs is 1. The highest BCUT2D eigenvalue weighted by Gasteiger charge is 2.27. The fourth-order valence-corrected chi connectivity index (χ4v) is 5.15. The second kappa shape index (κ2) is 16.0. The van der Waals surface area contributed by atoms with Gasteiger partial charge in [0.1, 0.15) is 6.29 Å². The molecular formula is C35H42N4O5. The molecule has 9 nitrogen and oxygen atoms in total. The predicted molar refractivity (Wildman–Crippen MR) is 176 cm³/mol. The van der Waals surface area contributed by atoms with Gasteiger partial charge in [0.25, 0.3) is 0 Å². The van der Waals surface area contributed by atoms with Crippen LogP contribution in [0.15, 0.2) is 66.7 Å². The van der Waals surface area contributed by atoms with E-state index in [0.717, 1.165) is 54.6 Å². The van der Waals surface area contributed by atoms with Crippen molar-refractivity contribution >= 4 is 46.8 Å². The van der Waals surface area contributed by atoms with Crippen molar-refractivity contribution in [1.29, 1.82) is 0 Å². The summed E-state index contributed by atoms with van der Waals surface area (Å²) in [6.45, 7) is 7.92. The lowest BCUT2D eigenvalue weighted by molar-refractivity contribution is -0.120. The van der Waals surface area contributed by atoms with Crippen molar-refractivity contribution in [3.8, 4) is 0 Å². The van der Waals surface area contributed by atoms with Crippen LogP contribution in [0.3, 0.4) is 0 Å². The van der Waals surface area contributed by atoms with Gasteiger partial charge in [0.05, 0.1) is 31.6 Å². The number of nitrogens with one attached hydrogen (secondary N) is 2. The van der Waals surface area contributed by atoms with E-state index in [2.05, 4.69) is 21.6 Å². The van der Waals surface area contributed by atoms with E-state index in [0.29, 0.717) is 60.5 Å². The molecule has 2 N–H and O–H groups in total. The van der Waals surface area contributed by atoms with Gasteiger partial charge in [-0.1, -0.05) is 42.5 Å². The number of hydrogen-bond acceptors (Lipinski definition) is 8. The summed E-state index contributed by atoms with van der Waals surface area (Å²) in [7, 11) is 3.46. The van der Waals surface area contributed by atoms with E-state index in [1.165, 1.54) is 0 Å². The fourth-order valence-electron chi connectivity index (χ4n) is 5.15. The third-order valence-electron chi connectivity index (χ3n) is 7.67. The van der Waals surface area contributed by atoms with E-state index in [1.807, 2.05) is 61.2 Å². The van der Waals surface area contributed by atoms with Gasteiger partial charge in [0.15, 0.2) is 6.29 Å². The molecule has 2 aliphatic heterocycles. The first kappa shape index (κ1) is 32.6. The highest BCUT2D eigenvalue weighted by atomic mass is 16.5. The highest BCUT2D eigenvalue weighted by Crippen LogP contribution is 2.35. The summed E-state index contributed by atoms with van der Waals surface area (Å²) in [5.41, 5.74) is 6.70. The van der Waals surface area contributed by atoms with Crippen molar-refractivity contribution in [2.45, 2.75) is 26.4 Å². The minimum Gasteiger partial charge on any atom is -0.388 e. The summed E-state index contributed by atoms with van der Waals surface area (Å²) < 4.78 is 10.1. The Balaban J connectivity index is 0.000000818. The third kappa shape index (κ3) is 8.19. The molecule has 0 unspecified atom stereocenters. The highest BCUT2D eigenvalue weighted by molar-refractivity contribution is 6.20. The third-order valence-corrected chi connectivity index (χ3v) is 7.67. The zero-order valence-electron chi connectivity index (χ0n) is 26.0. The molecule has 3 aromatic carbocycles. The molecule has 3 aromatic rings. The molecule has 1 saturated heterocycles. The molecule has 0 saturated carbocycles. The second-order valence-corrected chi connectivity index (χ2v) is 10.9. The van der Waals surface area contributed by atoms with Gasteiger partial charge in [-0.3, -0.25) is 19.3 Å². The summed E-state index contributed by atoms with van der Waals surface area (Å²) in [4.78, 5) is 41.0. The first-order valence-corrected chi connectivity index (χ1v) is 14.9. The number of rotatable bonds is 10. The number of ether oxygens (including phenoxy) is 2. The molecule has 1 fully saturated rings. The van der Waals surface area contributed by atoms with Gasteiger partial charge in [0.2, 0.25) is 5.91 Å². The zero-order chi connectivity index (χ0) is 31.5. The van der Waals surface area contributed by atoms with E-state index in [9.17, 15) is 14.4 Å². The number of hydrogen-bond donors (Lipinski definition) is 2. The predicted octanol–water partition coefficient (Wildman–Crippen LogP) is 4.98. The molecule has 44 heavy (non-hydrogen) atoms. The Labute approximate surface area is 259 Å². The number of nitrogens with zero attached hydrogens (tertiary/aromatic N) is 2. The first-order chi connectivity index (χ1) is 21.4. The molecule has 9 heteroatoms. The van der Waals surface area contributed by atoms with Gasteiger partial charge in [-0.15, -0.1) is 0 Å². The summed E-state index contributed by atoms with van der Waals surface area (Å²) >= 11 is 0. The number of allylic oxidation sites excluding steroid dienone is 1. The molecule has 0 bridgehead atoms. The number of anilines is 3. The molecule has 2 heterocycles. The Bertz CT molecular complexity index is 1470. The van der Waals surface area contributed by atoms with Gasteiger partial charge in [-0.25, -0.2) is 0 Å². The number of carbonyl (C=O) groups excluding carboxylic acids is 3. The lowest BCUT2D eigenvalue weighted by Gasteiger charge is -2.28. The molecule has 2 aliphatic rings. The second-order valence-electron chi connectivity index (χ2n) is 10.9. The van der Waals surface area contributed by atoms with E-state index >= 15 is 0 Å². The van der Waals surface area contributed by atoms with Gasteiger partial charge < -0.3 is 25.0 Å². The Morgan fingerprint density at radius 2 is 1.73 bits per heavy atom. The monoisotopic (exact) mass is 598 g/mol. The fraction of sp³-hybridized carbons (Fsp3) is 0.343. The van der Waals surface area contributed by atoms with Crippen LogP contribution in [-0.2, 0) is 25.5 Å². The topological polar surface area (TPSA) is 100 Å². The molecule has 1 amide bonds. The summed E-state index contributed by atoms with van der Waals surface area (Å²) in [5.74, 6) is 0.0998. The van der Waals surface area contributed by atoms with E-state index < -0.39 is 0 Å². The van der Waals surface area contributed by atoms with Crippen LogP contribution in [0.4, 0.5) is 17.1 Å². The van der Waals surface area contributed by atoms with Gasteiger partial charge in [-0.05, 0) is 55.7 Å². The number of morpholine rings is 1. The number of methoxy groups -OCH3 is 1. The van der Waals surface area contributed by atoms with E-state index in [1.54, 1.807) is 32.4 Å². The van der Waals surface area contributed by atoms with Crippen LogP contribution in [0, 0.1) is 0 Å². The van der Waals surface area contributed by atoms with Crippen LogP contribution >= 0.6 is 0 Å². The van der Waals surface area contributed by atoms with Crippen LogP contribution in [0.1, 0.15) is 40.9 Å². The molecule has 0 radical (unpaired) electrons. The maximum Gasteiger partial charge on any atom is 0.241 e. The lowest BCUT2D eigenvalue weighted by Crippen LogP contribution is -2.44. The number of benzene rings is 3. The molecule has 232 valence electrons. The summed E-state index contributed by atoms with van der Waals surface area (Å²) in [5, 5.41) is 6.60. The minimum absolute atomic E-state index is 0.0998. The Morgan fingerprint density at radius 1 is 1.00 bits per heavy atom. The smallest absolute Gasteiger partial charge is 0.241 e. The molecule has 5 rings (SSSR count). The Morgan fingerprint density at radius 3 is 2.36 bits per heavy atom. The molecular weight excluding hydrogens is 556 g/mol. The van der Waals surface area contributed by atoms with E-state index in [-0.39, 0.29) is 5.91 Å². The minimum atomic E-state index is 0.0998. The SMILES string of the molecule is CNc1cc(C=O)ccc1/C(C=O)=C(/Nc1ccc2c(c1)CCN2C(=O)CN1CCOCC1)c1ccccc1.COC(C)C. The average Bonchev–Trinajstić information content (AvgIpc) is 3.49. The Kier molecular flexibility index (Phi) is 11.8. The van der Waals surface area contributed by atoms with Crippen molar-refractivity contribution in [1.82, 2.24) is 4.90 Å². The number of amides is 1. The molecule has 0 spiro atoms. The van der Waals surface area contributed by atoms with Crippen molar-refractivity contribution in [2.24, 2.45) is 0 Å². The average molecular weight is 599 g/mol. The van der Waals surface area contributed by atoms with Crippen LogP contribution in [0.25, 0.3) is 11.3 Å². The van der Waals surface area contributed by atoms with Crippen LogP contribution < -0.4 is 15.5 Å². The normalized spacial score (nSPS) is 15.1. The van der Waals surface area contributed by atoms with Crippen molar-refractivity contribution in [3.63, 3.8) is 0 Å². The first-order valence-electron chi connectivity index (χ1n) is 14.9. The number of carbonyl (C=O) groups is 3. The largest absolute Gasteiger partial charge is 0.388 e. The van der Waals surface area contributed by atoms with Crippen LogP contribution in [0.2, 0.25) is 0 Å². The molecule has 0 aliphatic carbocycles. The maximum atomic E-state index is 13.1. The van der Waals surface area contributed by atoms with Gasteiger partial charge in [0, 0.05) is 67.6 Å². The van der Waals surface area contributed by atoms with Gasteiger partial charge in [-0.2, -0.15) is 0 Å². The molecule has 0 atom stereocenters. The summed E-state index contributed by atoms with van der Waals surface area (Å²) in [6.07, 6.45) is 2.77. The van der Waals surface area contributed by atoms with Crippen LogP contribution in [0.5, 0.6) is 0 Å². The van der Waals surface area contributed by atoms with Crippen molar-refractivity contribution < 1.29 is 23.9 Å². The zero-order valence-corrected chi connectivity index (χ0v) is 26.0. The van der Waals surface area contributed by atoms with Crippen molar-refractivity contribution in [3.05, 3.63) is 89.0 Å². The maximum absolute atomic E-state index is 13.1. The number of aldehydes is 2. The van der Waals surface area contributed by atoms with Crippen molar-refractivity contribution in [2.75, 3.05) is 69.1 Å². The summed E-state index contributed by atoms with van der Waals surface area (Å²) in [6, 6.07) is 20.9. The molecule has 0 aromatic heterocycles. The van der Waals surface area contributed by atoms with Crippen LogP contribution in [-0.4, -0.2) is 83.0 Å². The van der Waals surface area contributed by atoms with Gasteiger partial charge >= 0.3 is 0 Å². The lowest BCUT2D eigenvalue weighted by atomic mass is 9.97. The quantitative estimate of drug-likeness (QED) is 0.192. The Hall–Kier alpha value is -4.31. The van der Waals surface area contributed by atoms with E-state index in [4.69, 9.17) is 9.47 Å².